The number of hydrogen-bond acceptors (Lipinski definition) is 0. The number of allylic oxidation sites excluding steroid dienone is 1. The van der Waals surface area contributed by atoms with Crippen molar-refractivity contribution in [2.45, 2.75) is 11.4 Å². The second-order valence-electron chi connectivity index (χ2n) is 5.05. The first-order chi connectivity index (χ1) is 10.3. The SMILES string of the molecule is C/C=C\c1c(CI)cc2ccccc2c1-c1ccccc1. The summed E-state index contributed by atoms with van der Waals surface area (Å²) in [6.45, 7) is 2.08. The van der Waals surface area contributed by atoms with Gasteiger partial charge in [0, 0.05) is 4.43 Å². The van der Waals surface area contributed by atoms with E-state index in [9.17, 15) is 0 Å². The number of halogens is 1. The molecule has 21 heavy (non-hydrogen) atoms. The van der Waals surface area contributed by atoms with Crippen LogP contribution < -0.4 is 0 Å². The zero-order valence-corrected chi connectivity index (χ0v) is 14.2. The van der Waals surface area contributed by atoms with Crippen LogP contribution in [-0.2, 0) is 4.43 Å². The van der Waals surface area contributed by atoms with E-state index in [4.69, 9.17) is 0 Å². The summed E-state index contributed by atoms with van der Waals surface area (Å²) in [6, 6.07) is 21.7. The fourth-order valence-corrected chi connectivity index (χ4v) is 3.44. The Morgan fingerprint density at radius 1 is 0.952 bits per heavy atom. The number of benzene rings is 3. The molecule has 104 valence electrons. The van der Waals surface area contributed by atoms with Gasteiger partial charge in [0.2, 0.25) is 0 Å². The lowest BCUT2D eigenvalue weighted by atomic mass is 9.90. The summed E-state index contributed by atoms with van der Waals surface area (Å²) in [5.74, 6) is 0. The van der Waals surface area contributed by atoms with Gasteiger partial charge >= 0.3 is 0 Å². The maximum absolute atomic E-state index is 2.45. The topological polar surface area (TPSA) is 0 Å². The average molecular weight is 384 g/mol. The molecule has 0 radical (unpaired) electrons. The van der Waals surface area contributed by atoms with Gasteiger partial charge in [-0.2, -0.15) is 0 Å². The maximum atomic E-state index is 2.45. The summed E-state index contributed by atoms with van der Waals surface area (Å²) in [6.07, 6.45) is 4.37. The van der Waals surface area contributed by atoms with Crippen LogP contribution in [0.4, 0.5) is 0 Å². The van der Waals surface area contributed by atoms with E-state index >= 15 is 0 Å². The number of fused-ring (bicyclic) bond motifs is 1. The monoisotopic (exact) mass is 384 g/mol. The molecule has 0 N–H and O–H groups in total. The minimum absolute atomic E-state index is 1.02. The molecule has 0 aromatic heterocycles. The van der Waals surface area contributed by atoms with Crippen LogP contribution in [0.1, 0.15) is 18.1 Å². The smallest absolute Gasteiger partial charge is 0.0253 e. The van der Waals surface area contributed by atoms with Crippen LogP contribution >= 0.6 is 22.6 Å². The molecule has 3 rings (SSSR count). The highest BCUT2D eigenvalue weighted by molar-refractivity contribution is 14.1. The highest BCUT2D eigenvalue weighted by atomic mass is 127. The summed E-state index contributed by atoms with van der Waals surface area (Å²) in [5.41, 5.74) is 5.37. The minimum Gasteiger partial charge on any atom is -0.0870 e. The molecule has 0 fully saturated rings. The third-order valence-electron chi connectivity index (χ3n) is 3.71. The lowest BCUT2D eigenvalue weighted by molar-refractivity contribution is 1.45. The third kappa shape index (κ3) is 2.75. The van der Waals surface area contributed by atoms with Crippen molar-refractivity contribution in [3.63, 3.8) is 0 Å². The largest absolute Gasteiger partial charge is 0.0870 e. The van der Waals surface area contributed by atoms with Crippen LogP contribution in [0.3, 0.4) is 0 Å². The summed E-state index contributed by atoms with van der Waals surface area (Å²) in [5, 5.41) is 2.64. The Kier molecular flexibility index (Phi) is 4.39. The van der Waals surface area contributed by atoms with Gasteiger partial charge in [-0.3, -0.25) is 0 Å². The van der Waals surface area contributed by atoms with E-state index in [0.29, 0.717) is 0 Å². The van der Waals surface area contributed by atoms with Gasteiger partial charge in [-0.15, -0.1) is 0 Å². The van der Waals surface area contributed by atoms with Crippen LogP contribution in [-0.4, -0.2) is 0 Å². The molecule has 0 bridgehead atoms. The van der Waals surface area contributed by atoms with E-state index < -0.39 is 0 Å². The Morgan fingerprint density at radius 3 is 2.38 bits per heavy atom. The van der Waals surface area contributed by atoms with Crippen LogP contribution in [0, 0.1) is 0 Å². The van der Waals surface area contributed by atoms with Crippen molar-refractivity contribution >= 4 is 39.4 Å². The van der Waals surface area contributed by atoms with Gasteiger partial charge in [0.15, 0.2) is 0 Å². The zero-order chi connectivity index (χ0) is 14.7. The van der Waals surface area contributed by atoms with Crippen LogP contribution in [0.15, 0.2) is 66.7 Å². The first-order valence-corrected chi connectivity index (χ1v) is 8.66. The minimum atomic E-state index is 1.02. The molecule has 3 aromatic carbocycles. The normalized spacial score (nSPS) is 11.3. The van der Waals surface area contributed by atoms with Gasteiger partial charge in [-0.05, 0) is 46.0 Å². The fourth-order valence-electron chi connectivity index (χ4n) is 2.81. The standard InChI is InChI=1S/C20H17I/c1-2-8-18-17(14-21)13-16-11-6-7-12-19(16)20(18)15-9-4-3-5-10-15/h2-13H,14H2,1H3/b8-2-. The first kappa shape index (κ1) is 14.3. The highest BCUT2D eigenvalue weighted by Gasteiger charge is 2.12. The summed E-state index contributed by atoms with van der Waals surface area (Å²) in [4.78, 5) is 0. The third-order valence-corrected chi connectivity index (χ3v) is 4.54. The molecule has 0 spiro atoms. The van der Waals surface area contributed by atoms with Crippen molar-refractivity contribution in [1.82, 2.24) is 0 Å². The molecule has 0 atom stereocenters. The lowest BCUT2D eigenvalue weighted by Gasteiger charge is -2.15. The van der Waals surface area contributed by atoms with Crippen molar-refractivity contribution in [2.24, 2.45) is 0 Å². The Hall–Kier alpha value is -1.61. The molecule has 0 aliphatic carbocycles. The molecule has 0 heterocycles. The van der Waals surface area contributed by atoms with Crippen molar-refractivity contribution in [2.75, 3.05) is 0 Å². The lowest BCUT2D eigenvalue weighted by Crippen LogP contribution is -1.92. The van der Waals surface area contributed by atoms with Gasteiger partial charge < -0.3 is 0 Å². The van der Waals surface area contributed by atoms with E-state index in [-0.39, 0.29) is 0 Å². The van der Waals surface area contributed by atoms with Crippen LogP contribution in [0.2, 0.25) is 0 Å². The summed E-state index contributed by atoms with van der Waals surface area (Å²) >= 11 is 2.45. The molecule has 3 aromatic rings. The summed E-state index contributed by atoms with van der Waals surface area (Å²) in [7, 11) is 0. The van der Waals surface area contributed by atoms with E-state index in [2.05, 4.69) is 102 Å². The molecule has 0 amide bonds. The van der Waals surface area contributed by atoms with Gasteiger partial charge in [0.05, 0.1) is 0 Å². The van der Waals surface area contributed by atoms with Crippen molar-refractivity contribution in [3.05, 3.63) is 77.9 Å². The second-order valence-corrected chi connectivity index (χ2v) is 5.81. The fraction of sp³-hybridized carbons (Fsp3) is 0.100. The Balaban J connectivity index is 2.45. The summed E-state index contributed by atoms with van der Waals surface area (Å²) < 4.78 is 1.02. The Labute approximate surface area is 139 Å². The van der Waals surface area contributed by atoms with E-state index in [0.717, 1.165) is 4.43 Å². The van der Waals surface area contributed by atoms with Gasteiger partial charge in [-0.1, -0.05) is 89.3 Å². The van der Waals surface area contributed by atoms with Gasteiger partial charge in [0.1, 0.15) is 0 Å². The zero-order valence-electron chi connectivity index (χ0n) is 12.0. The molecule has 0 nitrogen and oxygen atoms in total. The average Bonchev–Trinajstić information content (AvgIpc) is 2.55. The van der Waals surface area contributed by atoms with Crippen LogP contribution in [0.25, 0.3) is 28.0 Å². The van der Waals surface area contributed by atoms with E-state index in [1.807, 2.05) is 0 Å². The number of hydrogen-bond donors (Lipinski definition) is 0. The van der Waals surface area contributed by atoms with Crippen LogP contribution in [0.5, 0.6) is 0 Å². The van der Waals surface area contributed by atoms with E-state index in [1.165, 1.54) is 33.0 Å². The predicted octanol–water partition coefficient (Wildman–Crippen LogP) is 6.47. The molecule has 0 saturated heterocycles. The quantitative estimate of drug-likeness (QED) is 0.358. The molecular formula is C20H17I. The van der Waals surface area contributed by atoms with Gasteiger partial charge in [-0.25, -0.2) is 0 Å². The maximum Gasteiger partial charge on any atom is 0.0253 e. The predicted molar refractivity (Wildman–Crippen MR) is 102 cm³/mol. The molecular weight excluding hydrogens is 367 g/mol. The van der Waals surface area contributed by atoms with Crippen molar-refractivity contribution in [3.8, 4) is 11.1 Å². The molecule has 0 aliphatic rings. The molecule has 0 saturated carbocycles. The van der Waals surface area contributed by atoms with Gasteiger partial charge in [0.25, 0.3) is 0 Å². The van der Waals surface area contributed by atoms with Crippen molar-refractivity contribution in [1.29, 1.82) is 0 Å². The Bertz CT molecular complexity index is 786. The first-order valence-electron chi connectivity index (χ1n) is 7.14. The van der Waals surface area contributed by atoms with E-state index in [1.54, 1.807) is 0 Å². The number of rotatable bonds is 3. The number of alkyl halides is 1. The van der Waals surface area contributed by atoms with Crippen molar-refractivity contribution < 1.29 is 0 Å². The molecule has 1 heteroatoms. The molecule has 0 unspecified atom stereocenters. The highest BCUT2D eigenvalue weighted by Crippen LogP contribution is 2.36. The molecule has 0 aliphatic heterocycles. The Morgan fingerprint density at radius 2 is 1.67 bits per heavy atom. The second kappa shape index (κ2) is 6.44.